The Hall–Kier alpha value is -0.560. The van der Waals surface area contributed by atoms with Gasteiger partial charge in [-0.3, -0.25) is 0 Å². The summed E-state index contributed by atoms with van der Waals surface area (Å²) in [6.45, 7) is 0. The van der Waals surface area contributed by atoms with Crippen LogP contribution in [0, 0.1) is 11.3 Å². The summed E-state index contributed by atoms with van der Waals surface area (Å²) in [6.07, 6.45) is 0. The Balaban J connectivity index is 2.80. The summed E-state index contributed by atoms with van der Waals surface area (Å²) in [7, 11) is 0. The van der Waals surface area contributed by atoms with Crippen molar-refractivity contribution in [2.24, 2.45) is 0 Å². The van der Waals surface area contributed by atoms with Gasteiger partial charge < -0.3 is 0 Å². The van der Waals surface area contributed by atoms with Gasteiger partial charge in [-0.1, -0.05) is 0 Å². The second-order valence-electron chi connectivity index (χ2n) is 2.86. The first-order chi connectivity index (χ1) is 6.74. The zero-order valence-corrected chi connectivity index (χ0v) is 10.2. The lowest BCUT2D eigenvalue weighted by atomic mass is 10.1. The van der Waals surface area contributed by atoms with Crippen molar-refractivity contribution in [3.05, 3.63) is 33.1 Å². The highest BCUT2D eigenvalue weighted by Gasteiger charge is 2.06. The van der Waals surface area contributed by atoms with Crippen molar-refractivity contribution in [3.63, 3.8) is 0 Å². The van der Waals surface area contributed by atoms with Crippen LogP contribution in [0.25, 0.3) is 10.1 Å². The maximum absolute atomic E-state index is 8.96. The Bertz CT molecular complexity index is 527. The molecule has 2 rings (SSSR count). The molecule has 0 radical (unpaired) electrons. The third kappa shape index (κ3) is 1.66. The predicted octanol–water partition coefficient (Wildman–Crippen LogP) is 4.27. The van der Waals surface area contributed by atoms with Crippen LogP contribution in [-0.2, 0) is 5.88 Å². The van der Waals surface area contributed by atoms with Crippen LogP contribution in [0.2, 0.25) is 0 Å². The first-order valence-corrected chi connectivity index (χ1v) is 6.07. The molecular weight excluding hydrogens is 282 g/mol. The highest BCUT2D eigenvalue weighted by atomic mass is 79.9. The van der Waals surface area contributed by atoms with Crippen LogP contribution in [0.3, 0.4) is 0 Å². The van der Waals surface area contributed by atoms with E-state index in [2.05, 4.69) is 22.0 Å². The maximum Gasteiger partial charge on any atom is 0.101 e. The molecule has 14 heavy (non-hydrogen) atoms. The summed E-state index contributed by atoms with van der Waals surface area (Å²) in [6, 6.07) is 8.06. The van der Waals surface area contributed by atoms with Crippen LogP contribution < -0.4 is 0 Å². The monoisotopic (exact) mass is 285 g/mol. The molecule has 1 aromatic heterocycles. The molecule has 0 aliphatic carbocycles. The molecule has 2 aromatic rings. The molecule has 0 aliphatic heterocycles. The van der Waals surface area contributed by atoms with Gasteiger partial charge in [-0.15, -0.1) is 22.9 Å². The first-order valence-electron chi connectivity index (χ1n) is 3.92. The average Bonchev–Trinajstić information content (AvgIpc) is 2.56. The first kappa shape index (κ1) is 9.97. The normalized spacial score (nSPS) is 10.4. The van der Waals surface area contributed by atoms with Crippen molar-refractivity contribution in [3.8, 4) is 6.07 Å². The van der Waals surface area contributed by atoms with Gasteiger partial charge in [-0.2, -0.15) is 5.26 Å². The van der Waals surface area contributed by atoms with Crippen molar-refractivity contribution in [1.82, 2.24) is 0 Å². The lowest BCUT2D eigenvalue weighted by Crippen LogP contribution is -1.81. The number of alkyl halides is 1. The standard InChI is InChI=1S/C10H5BrClNS/c11-9-3-7-1-6(4-12)2-8(5-13)10(7)14-9/h1-3H,4H2. The second-order valence-corrected chi connectivity index (χ2v) is 5.56. The van der Waals surface area contributed by atoms with Crippen LogP contribution in [0.5, 0.6) is 0 Å². The molecule has 1 heterocycles. The molecule has 0 amide bonds. The van der Waals surface area contributed by atoms with Crippen LogP contribution >= 0.6 is 38.9 Å². The molecule has 0 atom stereocenters. The number of halogens is 2. The van der Waals surface area contributed by atoms with Crippen molar-refractivity contribution >= 4 is 49.0 Å². The number of hydrogen-bond acceptors (Lipinski definition) is 2. The molecular formula is C10H5BrClNS. The summed E-state index contributed by atoms with van der Waals surface area (Å²) in [5.74, 6) is 0.443. The SMILES string of the molecule is N#Cc1cc(CCl)cc2cc(Br)sc12. The highest BCUT2D eigenvalue weighted by molar-refractivity contribution is 9.11. The van der Waals surface area contributed by atoms with Crippen LogP contribution in [-0.4, -0.2) is 0 Å². The van der Waals surface area contributed by atoms with Gasteiger partial charge in [0.2, 0.25) is 0 Å². The zero-order chi connectivity index (χ0) is 10.1. The average molecular weight is 287 g/mol. The van der Waals surface area contributed by atoms with Crippen LogP contribution in [0.1, 0.15) is 11.1 Å². The van der Waals surface area contributed by atoms with E-state index in [1.807, 2.05) is 18.2 Å². The molecule has 0 bridgehead atoms. The van der Waals surface area contributed by atoms with Gasteiger partial charge in [0, 0.05) is 5.88 Å². The van der Waals surface area contributed by atoms with Gasteiger partial charge in [-0.05, 0) is 45.1 Å². The van der Waals surface area contributed by atoms with Gasteiger partial charge >= 0.3 is 0 Å². The fourth-order valence-electron chi connectivity index (χ4n) is 1.34. The van der Waals surface area contributed by atoms with Crippen LogP contribution in [0.15, 0.2) is 22.0 Å². The molecule has 0 unspecified atom stereocenters. The van der Waals surface area contributed by atoms with Crippen molar-refractivity contribution < 1.29 is 0 Å². The van der Waals surface area contributed by atoms with Crippen LogP contribution in [0.4, 0.5) is 0 Å². The fraction of sp³-hybridized carbons (Fsp3) is 0.100. The third-order valence-corrected chi connectivity index (χ3v) is 3.92. The van der Waals surface area contributed by atoms with Crippen molar-refractivity contribution in [2.75, 3.05) is 0 Å². The van der Waals surface area contributed by atoms with E-state index in [0.717, 1.165) is 19.4 Å². The Labute approximate surface area is 99.0 Å². The van der Waals surface area contributed by atoms with E-state index < -0.39 is 0 Å². The number of nitriles is 1. The lowest BCUT2D eigenvalue weighted by molar-refractivity contribution is 1.41. The summed E-state index contributed by atoms with van der Waals surface area (Å²) >= 11 is 10.7. The van der Waals surface area contributed by atoms with Gasteiger partial charge in [0.25, 0.3) is 0 Å². The number of nitrogens with zero attached hydrogens (tertiary/aromatic N) is 1. The zero-order valence-electron chi connectivity index (χ0n) is 7.05. The van der Waals surface area contributed by atoms with E-state index in [1.165, 1.54) is 0 Å². The highest BCUT2D eigenvalue weighted by Crippen LogP contribution is 2.33. The molecule has 0 aliphatic rings. The van der Waals surface area contributed by atoms with Crippen molar-refractivity contribution in [1.29, 1.82) is 5.26 Å². The molecule has 1 nitrogen and oxygen atoms in total. The minimum absolute atomic E-state index is 0.443. The van der Waals surface area contributed by atoms with E-state index >= 15 is 0 Å². The molecule has 0 saturated heterocycles. The summed E-state index contributed by atoms with van der Waals surface area (Å²) in [4.78, 5) is 0. The maximum atomic E-state index is 8.96. The van der Waals surface area contributed by atoms with Gasteiger partial charge in [-0.25, -0.2) is 0 Å². The van der Waals surface area contributed by atoms with E-state index in [1.54, 1.807) is 11.3 Å². The van der Waals surface area contributed by atoms with E-state index in [9.17, 15) is 0 Å². The number of hydrogen-bond donors (Lipinski definition) is 0. The smallest absolute Gasteiger partial charge is 0.101 e. The van der Waals surface area contributed by atoms with Crippen molar-refractivity contribution in [2.45, 2.75) is 5.88 Å². The minimum Gasteiger partial charge on any atom is -0.192 e. The second kappa shape index (κ2) is 3.90. The molecule has 0 saturated carbocycles. The minimum atomic E-state index is 0.443. The van der Waals surface area contributed by atoms with E-state index in [0.29, 0.717) is 11.4 Å². The largest absolute Gasteiger partial charge is 0.192 e. The molecule has 70 valence electrons. The van der Waals surface area contributed by atoms with Gasteiger partial charge in [0.05, 0.1) is 14.0 Å². The number of fused-ring (bicyclic) bond motifs is 1. The number of rotatable bonds is 1. The summed E-state index contributed by atoms with van der Waals surface area (Å²) in [5, 5.41) is 10.0. The molecule has 0 spiro atoms. The summed E-state index contributed by atoms with van der Waals surface area (Å²) in [5.41, 5.74) is 1.69. The molecule has 0 fully saturated rings. The van der Waals surface area contributed by atoms with Gasteiger partial charge in [0.15, 0.2) is 0 Å². The Kier molecular flexibility index (Phi) is 2.78. The van der Waals surface area contributed by atoms with E-state index in [-0.39, 0.29) is 0 Å². The number of benzene rings is 1. The Morgan fingerprint density at radius 3 is 2.86 bits per heavy atom. The molecule has 1 aromatic carbocycles. The summed E-state index contributed by atoms with van der Waals surface area (Å²) < 4.78 is 2.06. The molecule has 4 heteroatoms. The topological polar surface area (TPSA) is 23.8 Å². The fourth-order valence-corrected chi connectivity index (χ4v) is 3.06. The number of thiophene rings is 1. The molecule has 0 N–H and O–H groups in total. The quantitative estimate of drug-likeness (QED) is 0.718. The third-order valence-electron chi connectivity index (χ3n) is 1.92. The van der Waals surface area contributed by atoms with Gasteiger partial charge in [0.1, 0.15) is 6.07 Å². The van der Waals surface area contributed by atoms with E-state index in [4.69, 9.17) is 16.9 Å². The lowest BCUT2D eigenvalue weighted by Gasteiger charge is -1.97. The predicted molar refractivity (Wildman–Crippen MR) is 63.8 cm³/mol. The Morgan fingerprint density at radius 2 is 2.21 bits per heavy atom. The Morgan fingerprint density at radius 1 is 1.43 bits per heavy atom.